The molecule has 6 heteroatoms. The first-order valence-corrected chi connectivity index (χ1v) is 11.3. The van der Waals surface area contributed by atoms with Gasteiger partial charge in [-0.15, -0.1) is 5.10 Å². The number of nitrogens with zero attached hydrogens (tertiary/aromatic N) is 3. The zero-order valence-corrected chi connectivity index (χ0v) is 19.2. The fraction of sp³-hybridized carbons (Fsp3) is 0.560. The highest BCUT2D eigenvalue weighted by atomic mass is 16.5. The number of nitrogens with one attached hydrogen (secondary N) is 1. The van der Waals surface area contributed by atoms with Gasteiger partial charge in [0.1, 0.15) is 12.4 Å². The van der Waals surface area contributed by atoms with Crippen LogP contribution in [0.1, 0.15) is 74.8 Å². The fourth-order valence-corrected chi connectivity index (χ4v) is 4.21. The van der Waals surface area contributed by atoms with Crippen molar-refractivity contribution in [2.24, 2.45) is 10.2 Å². The number of aromatic nitrogens is 1. The molecule has 2 aromatic rings. The minimum atomic E-state index is -0.0150. The smallest absolute Gasteiger partial charge is 0.260 e. The fourth-order valence-electron chi connectivity index (χ4n) is 4.21. The number of ether oxygens (including phenoxy) is 2. The largest absolute Gasteiger partial charge is 0.459 e. The quantitative estimate of drug-likeness (QED) is 0.228. The summed E-state index contributed by atoms with van der Waals surface area (Å²) in [7, 11) is 0. The van der Waals surface area contributed by atoms with Gasteiger partial charge in [-0.25, -0.2) is 4.98 Å². The second-order valence-electron chi connectivity index (χ2n) is 9.74. The van der Waals surface area contributed by atoms with Crippen LogP contribution in [0.2, 0.25) is 0 Å². The maximum absolute atomic E-state index is 5.92. The Bertz CT molecular complexity index is 983. The molecule has 4 rings (SSSR count). The standard InChI is InChI=1S/C25H34N4O2/c1-16-11-22(24(29-26-5)31-15-27-14-19-7-6-10-30-19)28-23-20(16)12-18(17-8-9-17)13-21(23)25(2,3)4/h11-13,17,19,27H,5-10,14-15H2,1-4H3/b29-24-. The lowest BCUT2D eigenvalue weighted by molar-refractivity contribution is 0.103. The highest BCUT2D eigenvalue weighted by molar-refractivity contribution is 5.97. The van der Waals surface area contributed by atoms with Crippen LogP contribution in [0.5, 0.6) is 0 Å². The Balaban J connectivity index is 1.62. The van der Waals surface area contributed by atoms with Gasteiger partial charge in [0.05, 0.1) is 11.6 Å². The molecule has 1 aliphatic carbocycles. The van der Waals surface area contributed by atoms with E-state index < -0.39 is 0 Å². The monoisotopic (exact) mass is 422 g/mol. The number of hydrogen-bond donors (Lipinski definition) is 1. The lowest BCUT2D eigenvalue weighted by atomic mass is 9.83. The summed E-state index contributed by atoms with van der Waals surface area (Å²) in [6, 6.07) is 6.71. The van der Waals surface area contributed by atoms with Crippen molar-refractivity contribution >= 4 is 23.5 Å². The molecule has 31 heavy (non-hydrogen) atoms. The van der Waals surface area contributed by atoms with Gasteiger partial charge in [-0.1, -0.05) is 26.8 Å². The van der Waals surface area contributed by atoms with Gasteiger partial charge < -0.3 is 9.47 Å². The van der Waals surface area contributed by atoms with Crippen LogP contribution in [0.15, 0.2) is 28.4 Å². The molecule has 1 aromatic carbocycles. The molecule has 1 saturated carbocycles. The summed E-state index contributed by atoms with van der Waals surface area (Å²) in [5.41, 5.74) is 5.55. The molecule has 1 aliphatic heterocycles. The number of fused-ring (bicyclic) bond motifs is 1. The van der Waals surface area contributed by atoms with E-state index in [0.29, 0.717) is 24.2 Å². The third-order valence-corrected chi connectivity index (χ3v) is 6.09. The molecule has 6 nitrogen and oxygen atoms in total. The van der Waals surface area contributed by atoms with E-state index in [-0.39, 0.29) is 11.5 Å². The van der Waals surface area contributed by atoms with Crippen LogP contribution in [0.3, 0.4) is 0 Å². The Kier molecular flexibility index (Phi) is 6.39. The van der Waals surface area contributed by atoms with Crippen molar-refractivity contribution in [2.45, 2.75) is 70.8 Å². The molecular formula is C25H34N4O2. The van der Waals surface area contributed by atoms with Crippen LogP contribution in [0.25, 0.3) is 10.9 Å². The van der Waals surface area contributed by atoms with Gasteiger partial charge in [0.2, 0.25) is 0 Å². The van der Waals surface area contributed by atoms with Crippen molar-refractivity contribution < 1.29 is 9.47 Å². The van der Waals surface area contributed by atoms with E-state index in [1.54, 1.807) is 0 Å². The van der Waals surface area contributed by atoms with E-state index in [2.05, 4.69) is 62.1 Å². The van der Waals surface area contributed by atoms with E-state index >= 15 is 0 Å². The Labute approximate surface area is 185 Å². The summed E-state index contributed by atoms with van der Waals surface area (Å²) >= 11 is 0. The second kappa shape index (κ2) is 9.05. The third kappa shape index (κ3) is 5.13. The molecule has 0 radical (unpaired) electrons. The molecule has 1 aromatic heterocycles. The van der Waals surface area contributed by atoms with Crippen molar-refractivity contribution in [2.75, 3.05) is 19.9 Å². The van der Waals surface area contributed by atoms with Crippen LogP contribution in [0.4, 0.5) is 0 Å². The molecule has 1 saturated heterocycles. The zero-order valence-electron chi connectivity index (χ0n) is 19.2. The molecule has 166 valence electrons. The van der Waals surface area contributed by atoms with E-state index in [0.717, 1.165) is 31.5 Å². The Morgan fingerprint density at radius 3 is 2.71 bits per heavy atom. The molecule has 2 aliphatic rings. The molecule has 1 unspecified atom stereocenters. The summed E-state index contributed by atoms with van der Waals surface area (Å²) < 4.78 is 11.6. The van der Waals surface area contributed by atoms with E-state index in [1.807, 2.05) is 6.07 Å². The van der Waals surface area contributed by atoms with Crippen LogP contribution >= 0.6 is 0 Å². The summed E-state index contributed by atoms with van der Waals surface area (Å²) in [5, 5.41) is 12.3. The summed E-state index contributed by atoms with van der Waals surface area (Å²) in [4.78, 5) is 5.00. The van der Waals surface area contributed by atoms with Gasteiger partial charge in [0.25, 0.3) is 5.90 Å². The minimum Gasteiger partial charge on any atom is -0.459 e. The lowest BCUT2D eigenvalue weighted by Gasteiger charge is -2.23. The normalized spacial score (nSPS) is 19.7. The summed E-state index contributed by atoms with van der Waals surface area (Å²) in [5.74, 6) is 1.08. The minimum absolute atomic E-state index is 0.0150. The SMILES string of the molecule is C=N/N=C(\OCNCC1CCCO1)c1cc(C)c2cc(C3CC3)cc(C(C)(C)C)c2n1. The third-order valence-electron chi connectivity index (χ3n) is 6.09. The van der Waals surface area contributed by atoms with Crippen LogP contribution in [-0.4, -0.2) is 43.6 Å². The van der Waals surface area contributed by atoms with Gasteiger partial charge in [0.15, 0.2) is 0 Å². The van der Waals surface area contributed by atoms with Crippen molar-refractivity contribution in [1.29, 1.82) is 0 Å². The first kappa shape index (κ1) is 21.9. The van der Waals surface area contributed by atoms with Crippen molar-refractivity contribution in [3.05, 3.63) is 40.6 Å². The zero-order chi connectivity index (χ0) is 22.0. The number of aryl methyl sites for hydroxylation is 1. The first-order valence-electron chi connectivity index (χ1n) is 11.3. The topological polar surface area (TPSA) is 68.1 Å². The highest BCUT2D eigenvalue weighted by Crippen LogP contribution is 2.43. The first-order chi connectivity index (χ1) is 14.9. The Morgan fingerprint density at radius 2 is 2.06 bits per heavy atom. The second-order valence-corrected chi connectivity index (χ2v) is 9.74. The van der Waals surface area contributed by atoms with Crippen molar-refractivity contribution in [3.8, 4) is 0 Å². The average molecular weight is 423 g/mol. The van der Waals surface area contributed by atoms with Crippen molar-refractivity contribution in [3.63, 3.8) is 0 Å². The molecular weight excluding hydrogens is 388 g/mol. The van der Waals surface area contributed by atoms with Crippen LogP contribution in [0, 0.1) is 6.92 Å². The average Bonchev–Trinajstić information content (AvgIpc) is 3.45. The molecule has 1 N–H and O–H groups in total. The summed E-state index contributed by atoms with van der Waals surface area (Å²) in [6.07, 6.45) is 5.05. The van der Waals surface area contributed by atoms with E-state index in [9.17, 15) is 0 Å². The maximum atomic E-state index is 5.92. The molecule has 0 spiro atoms. The Morgan fingerprint density at radius 1 is 1.26 bits per heavy atom. The van der Waals surface area contributed by atoms with E-state index in [4.69, 9.17) is 14.5 Å². The van der Waals surface area contributed by atoms with Gasteiger partial charge in [-0.2, -0.15) is 5.10 Å². The van der Waals surface area contributed by atoms with Gasteiger partial charge in [-0.3, -0.25) is 5.32 Å². The lowest BCUT2D eigenvalue weighted by Crippen LogP contribution is -2.29. The molecule has 1 atom stereocenters. The number of benzene rings is 1. The van der Waals surface area contributed by atoms with Crippen molar-refractivity contribution in [1.82, 2.24) is 10.3 Å². The number of rotatable bonds is 7. The number of pyridine rings is 1. The predicted molar refractivity (Wildman–Crippen MR) is 126 cm³/mol. The Hall–Kier alpha value is -2.31. The molecule has 2 heterocycles. The van der Waals surface area contributed by atoms with Gasteiger partial charge >= 0.3 is 0 Å². The predicted octanol–water partition coefficient (Wildman–Crippen LogP) is 4.82. The van der Waals surface area contributed by atoms with Gasteiger partial charge in [0, 0.05) is 25.3 Å². The highest BCUT2D eigenvalue weighted by Gasteiger charge is 2.28. The van der Waals surface area contributed by atoms with Gasteiger partial charge in [-0.05, 0) is 72.8 Å². The summed E-state index contributed by atoms with van der Waals surface area (Å²) in [6.45, 7) is 14.3. The molecule has 0 amide bonds. The molecule has 2 fully saturated rings. The maximum Gasteiger partial charge on any atom is 0.260 e. The van der Waals surface area contributed by atoms with Crippen LogP contribution in [-0.2, 0) is 14.9 Å². The van der Waals surface area contributed by atoms with E-state index in [1.165, 1.54) is 34.9 Å². The molecule has 0 bridgehead atoms. The number of hydrogen-bond acceptors (Lipinski definition) is 6. The van der Waals surface area contributed by atoms with Crippen LogP contribution < -0.4 is 5.32 Å².